The summed E-state index contributed by atoms with van der Waals surface area (Å²) in [6, 6.07) is 0. The third-order valence-electron chi connectivity index (χ3n) is 2.04. The summed E-state index contributed by atoms with van der Waals surface area (Å²) in [5, 5.41) is 0. The molecule has 0 unspecified atom stereocenters. The summed E-state index contributed by atoms with van der Waals surface area (Å²) in [5.41, 5.74) is 0. The van der Waals surface area contributed by atoms with Crippen LogP contribution < -0.4 is 0 Å². The van der Waals surface area contributed by atoms with E-state index >= 15 is 0 Å². The summed E-state index contributed by atoms with van der Waals surface area (Å²) in [6.45, 7) is 11.9. The number of thiocarbonyl (C=S) groups is 2. The Kier molecular flexibility index (Phi) is 27.3. The van der Waals surface area contributed by atoms with Gasteiger partial charge < -0.3 is 66.9 Å². The minimum absolute atomic E-state index is 0. The van der Waals surface area contributed by atoms with E-state index in [1.165, 1.54) is 0 Å². The first-order chi connectivity index (χ1) is 7.44. The molecule has 0 fully saturated rings. The van der Waals surface area contributed by atoms with E-state index < -0.39 is 0 Å². The summed E-state index contributed by atoms with van der Waals surface area (Å²) >= 11 is 19.0. The molecule has 0 saturated heterocycles. The fourth-order valence-corrected chi connectivity index (χ4v) is 2.00. The molecule has 0 aromatic carbocycles. The molecule has 18 heavy (non-hydrogen) atoms. The van der Waals surface area contributed by atoms with Gasteiger partial charge in [0, 0.05) is 26.2 Å². The van der Waals surface area contributed by atoms with E-state index in [-0.39, 0.29) is 29.8 Å². The number of hydrogen-bond donors (Lipinski definition) is 0. The predicted molar refractivity (Wildman–Crippen MR) is 92.2 cm³/mol. The maximum absolute atomic E-state index is 4.76. The Morgan fingerprint density at radius 1 is 0.778 bits per heavy atom. The molecule has 0 aliphatic carbocycles. The average Bonchev–Trinajstić information content (AvgIpc) is 2.21. The zero-order valence-electron chi connectivity index (χ0n) is 11.7. The first kappa shape index (κ1) is 27.3. The Morgan fingerprint density at radius 2 is 0.944 bits per heavy atom. The molecule has 0 radical (unpaired) electrons. The standard InChI is InChI=1S/2C5H11NS2.CH3.Au/c2*1-3-6(4-2)5(7)8;;/h2*3-4H2,1-2H3,(H,7,8);1H3;/q;;-1;+3/p-2. The minimum Gasteiger partial charge on any atom is -0.411 e. The van der Waals surface area contributed by atoms with Crippen LogP contribution >= 0.6 is 24.4 Å². The molecule has 0 N–H and O–H groups in total. The van der Waals surface area contributed by atoms with Crippen LogP contribution in [0.25, 0.3) is 0 Å². The van der Waals surface area contributed by atoms with Crippen LogP contribution in [0.3, 0.4) is 0 Å². The molecule has 0 aromatic heterocycles. The third-order valence-corrected chi connectivity index (χ3v) is 3.08. The Morgan fingerprint density at radius 3 is 0.944 bits per heavy atom. The molecule has 2 nitrogen and oxygen atoms in total. The SMILES string of the molecule is CCN(CC)C(=S)[S-].CCN(CC)C(=S)[S-].[Au+3].[CH3-]. The number of rotatable bonds is 4. The van der Waals surface area contributed by atoms with Crippen molar-refractivity contribution in [2.75, 3.05) is 26.2 Å². The Labute approximate surface area is 151 Å². The third kappa shape index (κ3) is 15.0. The van der Waals surface area contributed by atoms with Gasteiger partial charge in [0.05, 0.1) is 0 Å². The molecule has 0 rings (SSSR count). The normalized spacial score (nSPS) is 7.78. The van der Waals surface area contributed by atoms with Gasteiger partial charge in [-0.25, -0.2) is 0 Å². The van der Waals surface area contributed by atoms with Gasteiger partial charge in [0.25, 0.3) is 0 Å². The molecule has 0 saturated carbocycles. The first-order valence-electron chi connectivity index (χ1n) is 5.36. The smallest absolute Gasteiger partial charge is 0.411 e. The van der Waals surface area contributed by atoms with Gasteiger partial charge >= 0.3 is 22.4 Å². The van der Waals surface area contributed by atoms with Crippen molar-refractivity contribution in [2.45, 2.75) is 27.7 Å². The van der Waals surface area contributed by atoms with E-state index in [0.717, 1.165) is 26.2 Å². The van der Waals surface area contributed by atoms with E-state index in [2.05, 4.69) is 0 Å². The Balaban J connectivity index is -0.0000000980. The molecule has 0 atom stereocenters. The fourth-order valence-electron chi connectivity index (χ4n) is 0.964. The molecule has 0 aromatic rings. The predicted octanol–water partition coefficient (Wildman–Crippen LogP) is 2.77. The molecule has 0 amide bonds. The molecular formula is C11H23AuN2S4. The van der Waals surface area contributed by atoms with Crippen molar-refractivity contribution < 1.29 is 22.4 Å². The van der Waals surface area contributed by atoms with Gasteiger partial charge in [-0.1, -0.05) is 8.64 Å². The van der Waals surface area contributed by atoms with Crippen LogP contribution in [0.5, 0.6) is 0 Å². The van der Waals surface area contributed by atoms with Crippen LogP contribution in [0, 0.1) is 7.43 Å². The maximum atomic E-state index is 4.76. The van der Waals surface area contributed by atoms with Crippen LogP contribution in [0.1, 0.15) is 27.7 Å². The molecule has 0 spiro atoms. The molecule has 0 aliphatic rings. The van der Waals surface area contributed by atoms with Gasteiger partial charge in [0.1, 0.15) is 0 Å². The molecule has 112 valence electrons. The summed E-state index contributed by atoms with van der Waals surface area (Å²) in [7, 11) is 0. The van der Waals surface area contributed by atoms with Crippen molar-refractivity contribution in [3.8, 4) is 0 Å². The van der Waals surface area contributed by atoms with Crippen LogP contribution in [0.15, 0.2) is 0 Å². The van der Waals surface area contributed by atoms with Gasteiger partial charge in [-0.15, -0.1) is 0 Å². The van der Waals surface area contributed by atoms with E-state index in [0.29, 0.717) is 8.64 Å². The van der Waals surface area contributed by atoms with Crippen LogP contribution in [-0.4, -0.2) is 44.6 Å². The number of nitrogens with zero attached hydrogens (tertiary/aromatic N) is 2. The fraction of sp³-hybridized carbons (Fsp3) is 0.727. The summed E-state index contributed by atoms with van der Waals surface area (Å²) in [6.07, 6.45) is 0. The molecule has 0 heterocycles. The topological polar surface area (TPSA) is 6.48 Å². The van der Waals surface area contributed by atoms with Crippen LogP contribution in [0.4, 0.5) is 0 Å². The summed E-state index contributed by atoms with van der Waals surface area (Å²) in [4.78, 5) is 3.93. The first-order valence-corrected chi connectivity index (χ1v) is 6.99. The van der Waals surface area contributed by atoms with Gasteiger partial charge in [-0.05, 0) is 27.7 Å². The van der Waals surface area contributed by atoms with Crippen molar-refractivity contribution in [3.05, 3.63) is 7.43 Å². The second-order valence-corrected chi connectivity index (χ2v) is 4.94. The maximum Gasteiger partial charge on any atom is 3.00 e. The van der Waals surface area contributed by atoms with E-state index in [1.54, 1.807) is 0 Å². The monoisotopic (exact) mass is 508 g/mol. The quantitative estimate of drug-likeness (QED) is 0.248. The van der Waals surface area contributed by atoms with Crippen molar-refractivity contribution in [3.63, 3.8) is 0 Å². The van der Waals surface area contributed by atoms with Gasteiger partial charge in [0.15, 0.2) is 0 Å². The van der Waals surface area contributed by atoms with Crippen molar-refractivity contribution in [2.24, 2.45) is 0 Å². The molecular weight excluding hydrogens is 485 g/mol. The van der Waals surface area contributed by atoms with Crippen LogP contribution in [-0.2, 0) is 47.6 Å². The van der Waals surface area contributed by atoms with Gasteiger partial charge in [-0.3, -0.25) is 0 Å². The number of hydrogen-bond acceptors (Lipinski definition) is 4. The van der Waals surface area contributed by atoms with Crippen LogP contribution in [0.2, 0.25) is 0 Å². The summed E-state index contributed by atoms with van der Waals surface area (Å²) < 4.78 is 1.16. The minimum atomic E-state index is 0. The Hall–Kier alpha value is 0.960. The second-order valence-electron chi connectivity index (χ2n) is 2.88. The zero-order chi connectivity index (χ0) is 13.1. The van der Waals surface area contributed by atoms with Gasteiger partial charge in [0.2, 0.25) is 0 Å². The largest absolute Gasteiger partial charge is 3.00 e. The van der Waals surface area contributed by atoms with Crippen molar-refractivity contribution >= 4 is 58.3 Å². The molecule has 7 heteroatoms. The Bertz CT molecular complexity index is 185. The van der Waals surface area contributed by atoms with E-state index in [4.69, 9.17) is 49.7 Å². The molecule has 0 aliphatic heterocycles. The average molecular weight is 509 g/mol. The van der Waals surface area contributed by atoms with Gasteiger partial charge in [-0.2, -0.15) is 0 Å². The van der Waals surface area contributed by atoms with Crippen molar-refractivity contribution in [1.82, 2.24) is 9.80 Å². The molecule has 0 bridgehead atoms. The summed E-state index contributed by atoms with van der Waals surface area (Å²) in [5.74, 6) is 0. The van der Waals surface area contributed by atoms with E-state index in [9.17, 15) is 0 Å². The zero-order valence-corrected chi connectivity index (χ0v) is 17.1. The van der Waals surface area contributed by atoms with E-state index in [1.807, 2.05) is 37.5 Å². The van der Waals surface area contributed by atoms with Crippen molar-refractivity contribution in [1.29, 1.82) is 0 Å². The second kappa shape index (κ2) is 18.0.